The second-order valence-electron chi connectivity index (χ2n) is 11.2. The highest BCUT2D eigenvalue weighted by Gasteiger charge is 2.40. The number of carboxylic acids is 1. The van der Waals surface area contributed by atoms with Crippen molar-refractivity contribution in [2.75, 3.05) is 25.4 Å². The van der Waals surface area contributed by atoms with Crippen molar-refractivity contribution in [1.82, 2.24) is 31.5 Å². The van der Waals surface area contributed by atoms with E-state index in [1.165, 1.54) is 11.8 Å². The number of thiol groups is 1. The molecule has 0 aromatic rings. The van der Waals surface area contributed by atoms with Crippen molar-refractivity contribution in [2.45, 2.75) is 83.1 Å². The van der Waals surface area contributed by atoms with Crippen LogP contribution in [0.1, 0.15) is 52.9 Å². The average Bonchev–Trinajstić information content (AvgIpc) is 3.47. The van der Waals surface area contributed by atoms with E-state index in [0.29, 0.717) is 12.8 Å². The molecule has 1 heterocycles. The standard InChI is InChI=1S/C27H46N10O9S/c1-13(2)21(25(44)37-9-5-7-18(37)24(43)34-16(26(45)46)10-19(28)39)36-20(40)11-32-22(41)17(12-47)35-23(42)15(33-14(3)38)6-4-8-31-27(29)30/h13,15-18,21,47H,4-12H2,1-3H3,(H2,28,39)(H,32,41)(H,33,38)(H,34,43)(H,35,42)(H,36,40)(H,45,46)(H4,29,30,31)/t15-,16+,17-,18-,21+/m1/s1. The van der Waals surface area contributed by atoms with Crippen molar-refractivity contribution >= 4 is 65.9 Å². The summed E-state index contributed by atoms with van der Waals surface area (Å²) in [7, 11) is 0. The van der Waals surface area contributed by atoms with Gasteiger partial charge in [0.2, 0.25) is 41.4 Å². The Balaban J connectivity index is 2.83. The first-order chi connectivity index (χ1) is 22.0. The summed E-state index contributed by atoms with van der Waals surface area (Å²) in [5.74, 6) is -7.11. The molecule has 1 fully saturated rings. The molecule has 47 heavy (non-hydrogen) atoms. The second kappa shape index (κ2) is 19.8. The topological polar surface area (TPSA) is 311 Å². The number of nitrogens with zero attached hydrogens (tertiary/aromatic N) is 2. The van der Waals surface area contributed by atoms with Gasteiger partial charge in [-0.05, 0) is 31.6 Å². The zero-order valence-corrected chi connectivity index (χ0v) is 27.5. The Hall–Kier alpha value is -4.62. The second-order valence-corrected chi connectivity index (χ2v) is 11.6. The van der Waals surface area contributed by atoms with E-state index in [9.17, 15) is 43.5 Å². The molecule has 1 aliphatic heterocycles. The third-order valence-electron chi connectivity index (χ3n) is 6.99. The molecule has 0 aromatic carbocycles. The highest BCUT2D eigenvalue weighted by atomic mass is 32.1. The lowest BCUT2D eigenvalue weighted by Gasteiger charge is -2.31. The summed E-state index contributed by atoms with van der Waals surface area (Å²) in [6.07, 6.45) is 0.549. The molecule has 0 unspecified atom stereocenters. The zero-order valence-electron chi connectivity index (χ0n) is 26.6. The molecular formula is C27H46N10O9S. The Labute approximate surface area is 277 Å². The van der Waals surface area contributed by atoms with Crippen LogP contribution in [0.25, 0.3) is 0 Å². The first-order valence-corrected chi connectivity index (χ1v) is 15.5. The maximum Gasteiger partial charge on any atom is 0.326 e. The lowest BCUT2D eigenvalue weighted by Crippen LogP contribution is -2.58. The van der Waals surface area contributed by atoms with E-state index in [-0.39, 0.29) is 37.6 Å². The predicted octanol–water partition coefficient (Wildman–Crippen LogP) is -4.35. The van der Waals surface area contributed by atoms with Crippen molar-refractivity contribution in [2.24, 2.45) is 28.1 Å². The van der Waals surface area contributed by atoms with Crippen LogP contribution in [0.4, 0.5) is 0 Å². The molecule has 7 amide bonds. The van der Waals surface area contributed by atoms with Gasteiger partial charge in [-0.2, -0.15) is 12.6 Å². The van der Waals surface area contributed by atoms with Crippen molar-refractivity contribution in [3.63, 3.8) is 0 Å². The Morgan fingerprint density at radius 3 is 2.13 bits per heavy atom. The Morgan fingerprint density at radius 1 is 0.936 bits per heavy atom. The Morgan fingerprint density at radius 2 is 1.60 bits per heavy atom. The molecule has 0 aliphatic carbocycles. The van der Waals surface area contributed by atoms with Gasteiger partial charge in [0.25, 0.3) is 0 Å². The number of aliphatic imine (C=N–C) groups is 1. The van der Waals surface area contributed by atoms with E-state index >= 15 is 0 Å². The van der Waals surface area contributed by atoms with Crippen LogP contribution < -0.4 is 43.8 Å². The van der Waals surface area contributed by atoms with Crippen LogP contribution in [0, 0.1) is 5.92 Å². The number of carbonyl (C=O) groups excluding carboxylic acids is 7. The van der Waals surface area contributed by atoms with Gasteiger partial charge in [0.15, 0.2) is 5.96 Å². The van der Waals surface area contributed by atoms with E-state index in [1.807, 2.05) is 0 Å². The number of hydrogen-bond acceptors (Lipinski definition) is 10. The molecule has 0 aromatic heterocycles. The van der Waals surface area contributed by atoms with E-state index in [1.54, 1.807) is 13.8 Å². The highest BCUT2D eigenvalue weighted by Crippen LogP contribution is 2.21. The predicted molar refractivity (Wildman–Crippen MR) is 171 cm³/mol. The lowest BCUT2D eigenvalue weighted by molar-refractivity contribution is -0.146. The quantitative estimate of drug-likeness (QED) is 0.0268. The molecule has 1 rings (SSSR count). The van der Waals surface area contributed by atoms with Gasteiger partial charge in [-0.1, -0.05) is 13.8 Å². The number of guanidine groups is 1. The molecule has 5 atom stereocenters. The first-order valence-electron chi connectivity index (χ1n) is 14.9. The van der Waals surface area contributed by atoms with Crippen LogP contribution in [0.15, 0.2) is 4.99 Å². The number of primary amides is 1. The average molecular weight is 687 g/mol. The minimum atomic E-state index is -1.57. The summed E-state index contributed by atoms with van der Waals surface area (Å²) in [4.78, 5) is 104. The molecule has 1 saturated heterocycles. The molecular weight excluding hydrogens is 640 g/mol. The molecule has 0 saturated carbocycles. The Bertz CT molecular complexity index is 1210. The smallest absolute Gasteiger partial charge is 0.326 e. The third kappa shape index (κ3) is 14.1. The van der Waals surface area contributed by atoms with Gasteiger partial charge in [0.1, 0.15) is 30.2 Å². The van der Waals surface area contributed by atoms with Gasteiger partial charge in [-0.3, -0.25) is 38.6 Å². The van der Waals surface area contributed by atoms with Gasteiger partial charge in [-0.25, -0.2) is 4.79 Å². The summed E-state index contributed by atoms with van der Waals surface area (Å²) in [5, 5.41) is 21.5. The molecule has 0 radical (unpaired) electrons. The lowest BCUT2D eigenvalue weighted by atomic mass is 10.0. The molecule has 19 nitrogen and oxygen atoms in total. The monoisotopic (exact) mass is 686 g/mol. The molecule has 12 N–H and O–H groups in total. The summed E-state index contributed by atoms with van der Waals surface area (Å²) in [6, 6.07) is -5.88. The molecule has 1 aliphatic rings. The number of aliphatic carboxylic acids is 1. The summed E-state index contributed by atoms with van der Waals surface area (Å²) >= 11 is 4.11. The van der Waals surface area contributed by atoms with E-state index in [4.69, 9.17) is 17.2 Å². The highest BCUT2D eigenvalue weighted by molar-refractivity contribution is 7.80. The van der Waals surface area contributed by atoms with Crippen LogP contribution in [0.2, 0.25) is 0 Å². The number of nitrogens with one attached hydrogen (secondary N) is 5. The summed E-state index contributed by atoms with van der Waals surface area (Å²) < 4.78 is 0. The number of amides is 7. The van der Waals surface area contributed by atoms with Crippen LogP contribution in [0.5, 0.6) is 0 Å². The maximum absolute atomic E-state index is 13.5. The van der Waals surface area contributed by atoms with Crippen molar-refractivity contribution < 1.29 is 43.5 Å². The van der Waals surface area contributed by atoms with Gasteiger partial charge in [0.05, 0.1) is 13.0 Å². The fourth-order valence-corrected chi connectivity index (χ4v) is 4.92. The first kappa shape index (κ1) is 40.4. The zero-order chi connectivity index (χ0) is 35.8. The number of rotatable bonds is 19. The SMILES string of the molecule is CC(=O)N[C@H](CCCN=C(N)N)C(=O)N[C@H](CS)C(=O)NCC(=O)N[C@H](C(=O)N1CCC[C@@H]1C(=O)N[C@@H](CC(N)=O)C(=O)O)C(C)C. The van der Waals surface area contributed by atoms with Crippen LogP contribution in [0.3, 0.4) is 0 Å². The minimum Gasteiger partial charge on any atom is -0.480 e. The molecule has 264 valence electrons. The van der Waals surface area contributed by atoms with E-state index < -0.39 is 96.4 Å². The number of carbonyl (C=O) groups is 8. The molecule has 0 bridgehead atoms. The summed E-state index contributed by atoms with van der Waals surface area (Å²) in [5.41, 5.74) is 15.6. The molecule has 0 spiro atoms. The van der Waals surface area contributed by atoms with Crippen molar-refractivity contribution in [3.05, 3.63) is 0 Å². The third-order valence-corrected chi connectivity index (χ3v) is 7.35. The maximum atomic E-state index is 13.5. The van der Waals surface area contributed by atoms with Crippen molar-refractivity contribution in [1.29, 1.82) is 0 Å². The van der Waals surface area contributed by atoms with Crippen LogP contribution in [-0.2, 0) is 38.4 Å². The van der Waals surface area contributed by atoms with E-state index in [0.717, 1.165) is 0 Å². The van der Waals surface area contributed by atoms with Crippen molar-refractivity contribution in [3.8, 4) is 0 Å². The largest absolute Gasteiger partial charge is 0.480 e. The van der Waals surface area contributed by atoms with Gasteiger partial charge in [0, 0.05) is 25.8 Å². The molecule has 20 heteroatoms. The van der Waals surface area contributed by atoms with Gasteiger partial charge >= 0.3 is 5.97 Å². The van der Waals surface area contributed by atoms with Gasteiger partial charge in [-0.15, -0.1) is 0 Å². The minimum absolute atomic E-state index is 0.123. The number of likely N-dealkylation sites (tertiary alicyclic amines) is 1. The number of nitrogens with two attached hydrogens (primary N) is 3. The number of carboxylic acid groups (broad SMARTS) is 1. The van der Waals surface area contributed by atoms with E-state index in [2.05, 4.69) is 44.2 Å². The summed E-state index contributed by atoms with van der Waals surface area (Å²) in [6.45, 7) is 4.36. The Kier molecular flexibility index (Phi) is 17.0. The van der Waals surface area contributed by atoms with Crippen LogP contribution >= 0.6 is 12.6 Å². The van der Waals surface area contributed by atoms with Crippen LogP contribution in [-0.4, -0.2) is 119 Å². The normalized spacial score (nSPS) is 16.5. The fraction of sp³-hybridized carbons (Fsp3) is 0.667. The number of hydrogen-bond donors (Lipinski definition) is 10. The van der Waals surface area contributed by atoms with Gasteiger partial charge < -0.3 is 53.8 Å². The fourth-order valence-electron chi connectivity index (χ4n) is 4.66.